The smallest absolute Gasteiger partial charge is 0.326 e. The molecule has 6 heteroatoms. The molecule has 2 rings (SSSR count). The number of carbonyl (C=O) groups excluding carboxylic acids is 1. The Morgan fingerprint density at radius 1 is 1.40 bits per heavy atom. The molecule has 0 aromatic heterocycles. The van der Waals surface area contributed by atoms with Crippen LogP contribution in [0.1, 0.15) is 24.8 Å². The average molecular weight is 316 g/mol. The molecule has 4 nitrogen and oxygen atoms in total. The van der Waals surface area contributed by atoms with Gasteiger partial charge in [-0.1, -0.05) is 35.3 Å². The third-order valence-corrected chi connectivity index (χ3v) is 4.61. The van der Waals surface area contributed by atoms with Crippen molar-refractivity contribution in [3.05, 3.63) is 33.8 Å². The third-order valence-electron chi connectivity index (χ3n) is 3.77. The SMILES string of the molecule is CC(C(=O)O)N(C)C(=O)C1CC1c1cccc(Cl)c1Cl. The highest BCUT2D eigenvalue weighted by molar-refractivity contribution is 6.42. The van der Waals surface area contributed by atoms with Crippen LogP contribution in [0.15, 0.2) is 18.2 Å². The fourth-order valence-corrected chi connectivity index (χ4v) is 2.68. The van der Waals surface area contributed by atoms with Crippen LogP contribution in [0.25, 0.3) is 0 Å². The maximum absolute atomic E-state index is 12.2. The van der Waals surface area contributed by atoms with Gasteiger partial charge in [0.25, 0.3) is 0 Å². The van der Waals surface area contributed by atoms with Crippen LogP contribution < -0.4 is 0 Å². The van der Waals surface area contributed by atoms with Crippen LogP contribution in [-0.2, 0) is 9.59 Å². The summed E-state index contributed by atoms with van der Waals surface area (Å²) < 4.78 is 0. The minimum Gasteiger partial charge on any atom is -0.480 e. The molecule has 1 N–H and O–H groups in total. The van der Waals surface area contributed by atoms with Crippen LogP contribution in [0, 0.1) is 5.92 Å². The zero-order valence-corrected chi connectivity index (χ0v) is 12.6. The van der Waals surface area contributed by atoms with E-state index in [1.54, 1.807) is 12.1 Å². The third kappa shape index (κ3) is 2.76. The van der Waals surface area contributed by atoms with Crippen LogP contribution >= 0.6 is 23.2 Å². The number of benzene rings is 1. The molecule has 3 unspecified atom stereocenters. The molecule has 0 aliphatic heterocycles. The molecule has 1 aliphatic carbocycles. The number of likely N-dealkylation sites (N-methyl/N-ethyl adjacent to an activating group) is 1. The first kappa shape index (κ1) is 15.1. The Kier molecular flexibility index (Phi) is 4.25. The number of halogens is 2. The van der Waals surface area contributed by atoms with Crippen molar-refractivity contribution < 1.29 is 14.7 Å². The Balaban J connectivity index is 2.10. The van der Waals surface area contributed by atoms with Crippen LogP contribution in [0.3, 0.4) is 0 Å². The largest absolute Gasteiger partial charge is 0.480 e. The zero-order valence-electron chi connectivity index (χ0n) is 11.1. The number of nitrogens with zero attached hydrogens (tertiary/aromatic N) is 1. The number of carboxylic acids is 1. The lowest BCUT2D eigenvalue weighted by Gasteiger charge is -2.21. The van der Waals surface area contributed by atoms with Crippen molar-refractivity contribution >= 4 is 35.1 Å². The number of carbonyl (C=O) groups is 2. The highest BCUT2D eigenvalue weighted by Gasteiger charge is 2.47. The van der Waals surface area contributed by atoms with Gasteiger partial charge in [-0.15, -0.1) is 0 Å². The molecular formula is C14H15Cl2NO3. The van der Waals surface area contributed by atoms with Crippen molar-refractivity contribution in [1.82, 2.24) is 4.90 Å². The standard InChI is InChI=1S/C14H15Cl2NO3/c1-7(14(19)20)17(2)13(18)10-6-9(10)8-4-3-5-11(15)12(8)16/h3-5,7,9-10H,6H2,1-2H3,(H,19,20). The summed E-state index contributed by atoms with van der Waals surface area (Å²) in [6, 6.07) is 4.52. The fourth-order valence-electron chi connectivity index (χ4n) is 2.24. The van der Waals surface area contributed by atoms with Gasteiger partial charge in [-0.2, -0.15) is 0 Å². The zero-order chi connectivity index (χ0) is 15.0. The first-order chi connectivity index (χ1) is 9.34. The Bertz CT molecular complexity index is 561. The number of carboxylic acid groups (broad SMARTS) is 1. The van der Waals surface area contributed by atoms with Gasteiger partial charge in [-0.25, -0.2) is 4.79 Å². The summed E-state index contributed by atoms with van der Waals surface area (Å²) in [7, 11) is 1.51. The van der Waals surface area contributed by atoms with E-state index in [9.17, 15) is 9.59 Å². The summed E-state index contributed by atoms with van der Waals surface area (Å²) in [6.07, 6.45) is 0.676. The Labute approximate surface area is 127 Å². The topological polar surface area (TPSA) is 57.6 Å². The molecule has 0 spiro atoms. The summed E-state index contributed by atoms with van der Waals surface area (Å²) in [5, 5.41) is 9.88. The van der Waals surface area contributed by atoms with E-state index in [0.717, 1.165) is 5.56 Å². The van der Waals surface area contributed by atoms with E-state index < -0.39 is 12.0 Å². The second-order valence-electron chi connectivity index (χ2n) is 5.06. The van der Waals surface area contributed by atoms with E-state index in [0.29, 0.717) is 16.5 Å². The van der Waals surface area contributed by atoms with Crippen molar-refractivity contribution in [3.8, 4) is 0 Å². The first-order valence-electron chi connectivity index (χ1n) is 6.28. The lowest BCUT2D eigenvalue weighted by Crippen LogP contribution is -2.41. The van der Waals surface area contributed by atoms with Crippen molar-refractivity contribution in [2.75, 3.05) is 7.05 Å². The van der Waals surface area contributed by atoms with E-state index in [1.165, 1.54) is 18.9 Å². The number of aliphatic carboxylic acids is 1. The molecule has 1 fully saturated rings. The number of rotatable bonds is 4. The maximum Gasteiger partial charge on any atom is 0.326 e. The summed E-state index contributed by atoms with van der Waals surface area (Å²) in [4.78, 5) is 24.4. The number of hydrogen-bond acceptors (Lipinski definition) is 2. The molecule has 108 valence electrons. The summed E-state index contributed by atoms with van der Waals surface area (Å²) in [5.74, 6) is -1.37. The predicted molar refractivity (Wildman–Crippen MR) is 77.2 cm³/mol. The van der Waals surface area contributed by atoms with Crippen LogP contribution in [0.4, 0.5) is 0 Å². The summed E-state index contributed by atoms with van der Waals surface area (Å²) in [5.41, 5.74) is 0.855. The van der Waals surface area contributed by atoms with Crippen LogP contribution in [-0.4, -0.2) is 35.0 Å². The normalized spacial score (nSPS) is 22.2. The first-order valence-corrected chi connectivity index (χ1v) is 7.03. The highest BCUT2D eigenvalue weighted by Crippen LogP contribution is 2.51. The van der Waals surface area contributed by atoms with E-state index in [2.05, 4.69) is 0 Å². The van der Waals surface area contributed by atoms with Gasteiger partial charge in [0.1, 0.15) is 6.04 Å². The molecule has 0 saturated heterocycles. The number of hydrogen-bond donors (Lipinski definition) is 1. The fraction of sp³-hybridized carbons (Fsp3) is 0.429. The Hall–Kier alpha value is -1.26. The average Bonchev–Trinajstić information content (AvgIpc) is 3.19. The second kappa shape index (κ2) is 5.62. The Morgan fingerprint density at radius 3 is 2.65 bits per heavy atom. The van der Waals surface area contributed by atoms with Gasteiger partial charge in [-0.05, 0) is 30.9 Å². The van der Waals surface area contributed by atoms with Gasteiger partial charge in [0.2, 0.25) is 5.91 Å². The van der Waals surface area contributed by atoms with Crippen molar-refractivity contribution in [3.63, 3.8) is 0 Å². The molecule has 3 atom stereocenters. The molecule has 1 aliphatic rings. The second-order valence-corrected chi connectivity index (χ2v) is 5.84. The molecule has 1 aromatic rings. The van der Waals surface area contributed by atoms with Crippen LogP contribution in [0.2, 0.25) is 10.0 Å². The minimum atomic E-state index is -1.01. The summed E-state index contributed by atoms with van der Waals surface area (Å²) >= 11 is 12.1. The van der Waals surface area contributed by atoms with Gasteiger partial charge in [0, 0.05) is 13.0 Å². The molecule has 0 heterocycles. The van der Waals surface area contributed by atoms with Crippen molar-refractivity contribution in [1.29, 1.82) is 0 Å². The molecule has 0 radical (unpaired) electrons. The van der Waals surface area contributed by atoms with Gasteiger partial charge >= 0.3 is 5.97 Å². The molecule has 0 bridgehead atoms. The predicted octanol–water partition coefficient (Wildman–Crippen LogP) is 3.03. The van der Waals surface area contributed by atoms with E-state index >= 15 is 0 Å². The van der Waals surface area contributed by atoms with Gasteiger partial charge < -0.3 is 10.0 Å². The summed E-state index contributed by atoms with van der Waals surface area (Å²) in [6.45, 7) is 1.49. The molecule has 1 saturated carbocycles. The van der Waals surface area contributed by atoms with Gasteiger partial charge in [0.05, 0.1) is 10.0 Å². The Morgan fingerprint density at radius 2 is 2.05 bits per heavy atom. The van der Waals surface area contributed by atoms with Gasteiger partial charge in [0.15, 0.2) is 0 Å². The van der Waals surface area contributed by atoms with Crippen molar-refractivity contribution in [2.45, 2.75) is 25.3 Å². The molecule has 20 heavy (non-hydrogen) atoms. The van der Waals surface area contributed by atoms with Crippen LogP contribution in [0.5, 0.6) is 0 Å². The van der Waals surface area contributed by atoms with E-state index in [1.807, 2.05) is 6.07 Å². The minimum absolute atomic E-state index is 0.0251. The van der Waals surface area contributed by atoms with Gasteiger partial charge in [-0.3, -0.25) is 4.79 Å². The van der Waals surface area contributed by atoms with Crippen molar-refractivity contribution in [2.24, 2.45) is 5.92 Å². The lowest BCUT2D eigenvalue weighted by molar-refractivity contribution is -0.148. The maximum atomic E-state index is 12.2. The quantitative estimate of drug-likeness (QED) is 0.929. The highest BCUT2D eigenvalue weighted by atomic mass is 35.5. The van der Waals surface area contributed by atoms with E-state index in [4.69, 9.17) is 28.3 Å². The molecular weight excluding hydrogens is 301 g/mol. The lowest BCUT2D eigenvalue weighted by atomic mass is 10.1. The molecule has 1 amide bonds. The monoisotopic (exact) mass is 315 g/mol. The molecule has 1 aromatic carbocycles. The number of amides is 1. The van der Waals surface area contributed by atoms with E-state index in [-0.39, 0.29) is 17.7 Å².